The molecule has 1 aromatic carbocycles. The first-order valence-electron chi connectivity index (χ1n) is 7.25. The second kappa shape index (κ2) is 4.98. The summed E-state index contributed by atoms with van der Waals surface area (Å²) in [6.45, 7) is 4.88. The summed E-state index contributed by atoms with van der Waals surface area (Å²) in [6, 6.07) is 10.1. The SMILES string of the molecule is CC1(C)C[C@@]1(C(=O)NCCc1cn[nH]n1)c1ccccc1. The monoisotopic (exact) mass is 284 g/mol. The third-order valence-corrected chi connectivity index (χ3v) is 4.52. The second-order valence-electron chi connectivity index (χ2n) is 6.30. The molecule has 3 rings (SSSR count). The van der Waals surface area contributed by atoms with Gasteiger partial charge in [-0.25, -0.2) is 0 Å². The summed E-state index contributed by atoms with van der Waals surface area (Å²) in [5.41, 5.74) is 1.58. The highest BCUT2D eigenvalue weighted by atomic mass is 16.2. The van der Waals surface area contributed by atoms with Gasteiger partial charge in [0.2, 0.25) is 5.91 Å². The number of nitrogens with one attached hydrogen (secondary N) is 2. The molecule has 1 amide bonds. The molecule has 1 atom stereocenters. The van der Waals surface area contributed by atoms with Gasteiger partial charge in [-0.15, -0.1) is 0 Å². The molecule has 1 fully saturated rings. The van der Waals surface area contributed by atoms with E-state index in [2.05, 4.69) is 34.6 Å². The molecule has 2 N–H and O–H groups in total. The van der Waals surface area contributed by atoms with Crippen molar-refractivity contribution in [2.24, 2.45) is 5.41 Å². The fourth-order valence-electron chi connectivity index (χ4n) is 3.15. The summed E-state index contributed by atoms with van der Waals surface area (Å²) >= 11 is 0. The van der Waals surface area contributed by atoms with Gasteiger partial charge in [0.15, 0.2) is 0 Å². The van der Waals surface area contributed by atoms with Gasteiger partial charge in [0, 0.05) is 13.0 Å². The van der Waals surface area contributed by atoms with Gasteiger partial charge >= 0.3 is 0 Å². The predicted octanol–water partition coefficient (Wildman–Crippen LogP) is 1.83. The summed E-state index contributed by atoms with van der Waals surface area (Å²) in [5.74, 6) is 0.113. The summed E-state index contributed by atoms with van der Waals surface area (Å²) < 4.78 is 0. The van der Waals surface area contributed by atoms with Gasteiger partial charge in [-0.2, -0.15) is 15.4 Å². The molecule has 1 saturated carbocycles. The van der Waals surface area contributed by atoms with Crippen LogP contribution in [0.25, 0.3) is 0 Å². The molecule has 0 bridgehead atoms. The minimum atomic E-state index is -0.391. The lowest BCUT2D eigenvalue weighted by molar-refractivity contribution is -0.124. The minimum Gasteiger partial charge on any atom is -0.355 e. The molecule has 2 aromatic rings. The van der Waals surface area contributed by atoms with Crippen molar-refractivity contribution in [3.05, 3.63) is 47.8 Å². The van der Waals surface area contributed by atoms with E-state index >= 15 is 0 Å². The van der Waals surface area contributed by atoms with E-state index in [1.807, 2.05) is 30.3 Å². The second-order valence-corrected chi connectivity index (χ2v) is 6.30. The van der Waals surface area contributed by atoms with Crippen LogP contribution in [0.2, 0.25) is 0 Å². The third-order valence-electron chi connectivity index (χ3n) is 4.52. The Hall–Kier alpha value is -2.17. The number of aromatic amines is 1. The van der Waals surface area contributed by atoms with Crippen LogP contribution < -0.4 is 5.32 Å². The maximum atomic E-state index is 12.7. The van der Waals surface area contributed by atoms with E-state index in [1.165, 1.54) is 0 Å². The first kappa shape index (κ1) is 13.8. The molecule has 1 heterocycles. The lowest BCUT2D eigenvalue weighted by atomic mass is 9.87. The van der Waals surface area contributed by atoms with E-state index in [-0.39, 0.29) is 11.3 Å². The quantitative estimate of drug-likeness (QED) is 0.880. The first-order valence-corrected chi connectivity index (χ1v) is 7.25. The van der Waals surface area contributed by atoms with Gasteiger partial charge in [-0.3, -0.25) is 4.79 Å². The standard InChI is InChI=1S/C16H20N4O/c1-15(2)11-16(15,12-6-4-3-5-7-12)14(21)17-9-8-13-10-18-20-19-13/h3-7,10H,8-9,11H2,1-2H3,(H,17,21)(H,18,19,20)/t16-/m0/s1. The van der Waals surface area contributed by atoms with E-state index in [9.17, 15) is 4.79 Å². The van der Waals surface area contributed by atoms with Crippen molar-refractivity contribution in [2.45, 2.75) is 32.1 Å². The van der Waals surface area contributed by atoms with E-state index in [0.717, 1.165) is 17.7 Å². The Morgan fingerprint density at radius 3 is 2.62 bits per heavy atom. The van der Waals surface area contributed by atoms with E-state index in [1.54, 1.807) is 6.20 Å². The lowest BCUT2D eigenvalue weighted by Crippen LogP contribution is -2.38. The van der Waals surface area contributed by atoms with Crippen LogP contribution in [0.5, 0.6) is 0 Å². The van der Waals surface area contributed by atoms with E-state index < -0.39 is 5.41 Å². The predicted molar refractivity (Wildman–Crippen MR) is 79.6 cm³/mol. The van der Waals surface area contributed by atoms with E-state index in [0.29, 0.717) is 13.0 Å². The van der Waals surface area contributed by atoms with Crippen molar-refractivity contribution in [2.75, 3.05) is 6.54 Å². The summed E-state index contributed by atoms with van der Waals surface area (Å²) in [5, 5.41) is 13.4. The third kappa shape index (κ3) is 2.33. The van der Waals surface area contributed by atoms with Gasteiger partial charge in [-0.1, -0.05) is 44.2 Å². The number of carbonyl (C=O) groups is 1. The summed E-state index contributed by atoms with van der Waals surface area (Å²) in [4.78, 5) is 12.7. The minimum absolute atomic E-state index is 0.00628. The van der Waals surface area contributed by atoms with Gasteiger partial charge in [0.1, 0.15) is 0 Å². The fraction of sp³-hybridized carbons (Fsp3) is 0.438. The van der Waals surface area contributed by atoms with Crippen LogP contribution in [0, 0.1) is 5.41 Å². The van der Waals surface area contributed by atoms with E-state index in [4.69, 9.17) is 0 Å². The zero-order valence-corrected chi connectivity index (χ0v) is 12.4. The van der Waals surface area contributed by atoms with Crippen molar-refractivity contribution in [1.29, 1.82) is 0 Å². The largest absolute Gasteiger partial charge is 0.355 e. The van der Waals surface area contributed by atoms with Crippen LogP contribution >= 0.6 is 0 Å². The highest BCUT2D eigenvalue weighted by molar-refractivity contribution is 5.93. The van der Waals surface area contributed by atoms with Gasteiger partial charge in [-0.05, 0) is 17.4 Å². The van der Waals surface area contributed by atoms with Gasteiger partial charge in [0.05, 0.1) is 17.3 Å². The van der Waals surface area contributed by atoms with Crippen molar-refractivity contribution in [3.8, 4) is 0 Å². The highest BCUT2D eigenvalue weighted by Gasteiger charge is 2.66. The molecule has 0 aliphatic heterocycles. The fourth-order valence-corrected chi connectivity index (χ4v) is 3.15. The topological polar surface area (TPSA) is 70.7 Å². The summed E-state index contributed by atoms with van der Waals surface area (Å²) in [6.07, 6.45) is 3.26. The normalized spacial score (nSPS) is 22.8. The van der Waals surface area contributed by atoms with Crippen LogP contribution in [0.3, 0.4) is 0 Å². The average molecular weight is 284 g/mol. The summed E-state index contributed by atoms with van der Waals surface area (Å²) in [7, 11) is 0. The number of rotatable bonds is 5. The molecule has 0 radical (unpaired) electrons. The Kier molecular flexibility index (Phi) is 3.27. The average Bonchev–Trinajstić information content (AvgIpc) is 2.85. The molecule has 0 unspecified atom stereocenters. The number of H-pyrrole nitrogens is 1. The molecule has 1 aliphatic carbocycles. The zero-order valence-electron chi connectivity index (χ0n) is 12.4. The maximum Gasteiger partial charge on any atom is 0.231 e. The Balaban J connectivity index is 1.69. The highest BCUT2D eigenvalue weighted by Crippen LogP contribution is 2.64. The molecule has 110 valence electrons. The first-order chi connectivity index (χ1) is 10.1. The van der Waals surface area contributed by atoms with Crippen molar-refractivity contribution >= 4 is 5.91 Å². The molecule has 5 nitrogen and oxygen atoms in total. The Morgan fingerprint density at radius 2 is 2.05 bits per heavy atom. The molecule has 21 heavy (non-hydrogen) atoms. The number of aromatic nitrogens is 3. The zero-order chi connectivity index (χ0) is 14.9. The Labute approximate surface area is 124 Å². The molecule has 0 spiro atoms. The number of hydrogen-bond acceptors (Lipinski definition) is 3. The van der Waals surface area contributed by atoms with Crippen LogP contribution in [-0.4, -0.2) is 27.9 Å². The van der Waals surface area contributed by atoms with Crippen molar-refractivity contribution in [1.82, 2.24) is 20.7 Å². The van der Waals surface area contributed by atoms with Gasteiger partial charge < -0.3 is 5.32 Å². The molecular formula is C16H20N4O. The smallest absolute Gasteiger partial charge is 0.231 e. The van der Waals surface area contributed by atoms with Crippen LogP contribution in [-0.2, 0) is 16.6 Å². The van der Waals surface area contributed by atoms with Gasteiger partial charge in [0.25, 0.3) is 0 Å². The lowest BCUT2D eigenvalue weighted by Gasteiger charge is -2.20. The molecule has 1 aliphatic rings. The van der Waals surface area contributed by atoms with Crippen LogP contribution in [0.1, 0.15) is 31.5 Å². The Bertz CT molecular complexity index is 621. The van der Waals surface area contributed by atoms with Crippen LogP contribution in [0.15, 0.2) is 36.5 Å². The number of nitrogens with zero attached hydrogens (tertiary/aromatic N) is 2. The number of hydrogen-bond donors (Lipinski definition) is 2. The van der Waals surface area contributed by atoms with Crippen molar-refractivity contribution in [3.63, 3.8) is 0 Å². The Morgan fingerprint density at radius 1 is 1.33 bits per heavy atom. The molecule has 1 aromatic heterocycles. The molecule has 0 saturated heterocycles. The molecule has 5 heteroatoms. The number of benzene rings is 1. The van der Waals surface area contributed by atoms with Crippen molar-refractivity contribution < 1.29 is 4.79 Å². The number of amides is 1. The maximum absolute atomic E-state index is 12.7. The molecular weight excluding hydrogens is 264 g/mol. The van der Waals surface area contributed by atoms with Crippen LogP contribution in [0.4, 0.5) is 0 Å². The number of carbonyl (C=O) groups excluding carboxylic acids is 1.